The Morgan fingerprint density at radius 1 is 1.15 bits per heavy atom. The van der Waals surface area contributed by atoms with Gasteiger partial charge in [0, 0.05) is 6.42 Å². The first-order valence-electron chi connectivity index (χ1n) is 6.34. The van der Waals surface area contributed by atoms with Crippen molar-refractivity contribution in [1.82, 2.24) is 0 Å². The average molecular weight is 291 g/mol. The van der Waals surface area contributed by atoms with E-state index in [2.05, 4.69) is 0 Å². The van der Waals surface area contributed by atoms with Gasteiger partial charge in [-0.1, -0.05) is 24.4 Å². The van der Waals surface area contributed by atoms with Gasteiger partial charge < -0.3 is 19.6 Å². The molecule has 0 radical (unpaired) electrons. The lowest BCUT2D eigenvalue weighted by Crippen LogP contribution is -2.11. The summed E-state index contributed by atoms with van der Waals surface area (Å²) in [5, 5.41) is 0. The fourth-order valence-corrected chi connectivity index (χ4v) is 1.86. The number of nitrogens with two attached hydrogens (primary N) is 1. The maximum Gasteiger partial charge on any atom is 0.129 e. The summed E-state index contributed by atoms with van der Waals surface area (Å²) in [7, 11) is 0. The van der Waals surface area contributed by atoms with Crippen LogP contribution in [0.25, 0.3) is 0 Å². The number of furan rings is 1. The highest BCUT2D eigenvalue weighted by molar-refractivity contribution is 7.80. The van der Waals surface area contributed by atoms with Gasteiger partial charge in [-0.3, -0.25) is 0 Å². The van der Waals surface area contributed by atoms with Gasteiger partial charge in [0.15, 0.2) is 0 Å². The number of benzene rings is 1. The Kier molecular flexibility index (Phi) is 5.58. The van der Waals surface area contributed by atoms with Gasteiger partial charge in [0.25, 0.3) is 0 Å². The van der Waals surface area contributed by atoms with Crippen LogP contribution in [-0.4, -0.2) is 18.2 Å². The number of hydrogen-bond donors (Lipinski definition) is 1. The summed E-state index contributed by atoms with van der Waals surface area (Å²) in [6.07, 6.45) is 2.24. The van der Waals surface area contributed by atoms with Crippen molar-refractivity contribution in [2.24, 2.45) is 5.73 Å². The second-order valence-electron chi connectivity index (χ2n) is 4.27. The van der Waals surface area contributed by atoms with Crippen molar-refractivity contribution in [3.05, 3.63) is 54.0 Å². The Labute approximate surface area is 123 Å². The molecule has 106 valence electrons. The van der Waals surface area contributed by atoms with E-state index in [9.17, 15) is 0 Å². The molecule has 2 aromatic rings. The van der Waals surface area contributed by atoms with E-state index in [1.165, 1.54) is 0 Å². The molecule has 0 atom stereocenters. The van der Waals surface area contributed by atoms with Crippen LogP contribution in [0.15, 0.2) is 47.1 Å². The smallest absolute Gasteiger partial charge is 0.129 e. The predicted octanol–water partition coefficient (Wildman–Crippen LogP) is 2.70. The predicted molar refractivity (Wildman–Crippen MR) is 80.8 cm³/mol. The van der Waals surface area contributed by atoms with Gasteiger partial charge in [-0.25, -0.2) is 0 Å². The summed E-state index contributed by atoms with van der Waals surface area (Å²) >= 11 is 4.87. The Morgan fingerprint density at radius 2 is 1.95 bits per heavy atom. The Hall–Kier alpha value is -1.85. The molecule has 1 heterocycles. The van der Waals surface area contributed by atoms with Crippen molar-refractivity contribution in [3.8, 4) is 5.75 Å². The molecule has 0 aliphatic heterocycles. The molecule has 4 nitrogen and oxygen atoms in total. The minimum Gasteiger partial charge on any atom is -0.491 e. The minimum absolute atomic E-state index is 0.462. The first-order chi connectivity index (χ1) is 9.74. The van der Waals surface area contributed by atoms with Gasteiger partial charge in [0.1, 0.15) is 24.7 Å². The molecule has 2 N–H and O–H groups in total. The normalized spacial score (nSPS) is 10.4. The van der Waals surface area contributed by atoms with Crippen molar-refractivity contribution >= 4 is 17.2 Å². The third kappa shape index (κ3) is 5.03. The quantitative estimate of drug-likeness (QED) is 0.598. The summed E-state index contributed by atoms with van der Waals surface area (Å²) in [6, 6.07) is 11.4. The lowest BCUT2D eigenvalue weighted by atomic mass is 10.1. The number of rotatable bonds is 8. The molecular formula is C15H17NO3S. The molecule has 1 aromatic heterocycles. The highest BCUT2D eigenvalue weighted by Gasteiger charge is 1.98. The molecule has 1 aromatic carbocycles. The van der Waals surface area contributed by atoms with E-state index in [1.54, 1.807) is 6.26 Å². The molecule has 0 spiro atoms. The summed E-state index contributed by atoms with van der Waals surface area (Å²) < 4.78 is 16.1. The van der Waals surface area contributed by atoms with Crippen LogP contribution < -0.4 is 10.5 Å². The SMILES string of the molecule is NC(=S)Cc1ccc(OCCOCc2ccco2)cc1. The van der Waals surface area contributed by atoms with E-state index in [1.807, 2.05) is 36.4 Å². The third-order valence-electron chi connectivity index (χ3n) is 2.62. The van der Waals surface area contributed by atoms with Gasteiger partial charge in [-0.15, -0.1) is 0 Å². The van der Waals surface area contributed by atoms with E-state index < -0.39 is 0 Å². The fraction of sp³-hybridized carbons (Fsp3) is 0.267. The monoisotopic (exact) mass is 291 g/mol. The first kappa shape index (κ1) is 14.6. The summed E-state index contributed by atoms with van der Waals surface area (Å²) in [6.45, 7) is 1.47. The standard InChI is InChI=1S/C15H17NO3S/c16-15(20)10-12-3-5-13(6-4-12)19-9-8-17-11-14-2-1-7-18-14/h1-7H,8-11H2,(H2,16,20). The van der Waals surface area contributed by atoms with Crippen molar-refractivity contribution in [2.45, 2.75) is 13.0 Å². The molecule has 0 bridgehead atoms. The maximum atomic E-state index is 5.57. The second kappa shape index (κ2) is 7.67. The topological polar surface area (TPSA) is 57.6 Å². The van der Waals surface area contributed by atoms with Gasteiger partial charge in [-0.05, 0) is 29.8 Å². The van der Waals surface area contributed by atoms with Crippen molar-refractivity contribution in [3.63, 3.8) is 0 Å². The zero-order valence-corrected chi connectivity index (χ0v) is 11.9. The van der Waals surface area contributed by atoms with E-state index >= 15 is 0 Å². The molecule has 0 fully saturated rings. The zero-order valence-electron chi connectivity index (χ0n) is 11.1. The molecule has 0 saturated heterocycles. The Bertz CT molecular complexity index is 523. The number of thiocarbonyl (C=S) groups is 1. The fourth-order valence-electron chi connectivity index (χ4n) is 1.69. The van der Waals surface area contributed by atoms with E-state index in [4.69, 9.17) is 31.8 Å². The number of hydrogen-bond acceptors (Lipinski definition) is 4. The van der Waals surface area contributed by atoms with Gasteiger partial charge in [0.05, 0.1) is 17.9 Å². The molecular weight excluding hydrogens is 274 g/mol. The summed E-state index contributed by atoms with van der Waals surface area (Å²) in [4.78, 5) is 0.491. The van der Waals surface area contributed by atoms with Gasteiger partial charge in [0.2, 0.25) is 0 Å². The average Bonchev–Trinajstić information content (AvgIpc) is 2.93. The van der Waals surface area contributed by atoms with Crippen LogP contribution in [0, 0.1) is 0 Å². The highest BCUT2D eigenvalue weighted by Crippen LogP contribution is 2.12. The summed E-state index contributed by atoms with van der Waals surface area (Å²) in [5.74, 6) is 1.62. The maximum absolute atomic E-state index is 5.57. The molecule has 20 heavy (non-hydrogen) atoms. The van der Waals surface area contributed by atoms with Crippen molar-refractivity contribution in [1.29, 1.82) is 0 Å². The van der Waals surface area contributed by atoms with Crippen LogP contribution in [-0.2, 0) is 17.8 Å². The lowest BCUT2D eigenvalue weighted by Gasteiger charge is -2.07. The van der Waals surface area contributed by atoms with Crippen LogP contribution in [0.1, 0.15) is 11.3 Å². The zero-order chi connectivity index (χ0) is 14.2. The molecule has 5 heteroatoms. The molecule has 2 rings (SSSR count). The van der Waals surface area contributed by atoms with Crippen LogP contribution in [0.5, 0.6) is 5.75 Å². The molecule has 0 aliphatic rings. The van der Waals surface area contributed by atoms with Crippen LogP contribution >= 0.6 is 12.2 Å². The van der Waals surface area contributed by atoms with Crippen LogP contribution in [0.3, 0.4) is 0 Å². The Morgan fingerprint density at radius 3 is 2.60 bits per heavy atom. The Balaban J connectivity index is 1.65. The molecule has 0 saturated carbocycles. The molecule has 0 aliphatic carbocycles. The van der Waals surface area contributed by atoms with Gasteiger partial charge in [-0.2, -0.15) is 0 Å². The van der Waals surface area contributed by atoms with Crippen LogP contribution in [0.4, 0.5) is 0 Å². The van der Waals surface area contributed by atoms with Gasteiger partial charge >= 0.3 is 0 Å². The van der Waals surface area contributed by atoms with E-state index in [0.29, 0.717) is 31.2 Å². The third-order valence-corrected chi connectivity index (χ3v) is 2.77. The molecule has 0 unspecified atom stereocenters. The first-order valence-corrected chi connectivity index (χ1v) is 6.75. The number of ether oxygens (including phenoxy) is 2. The lowest BCUT2D eigenvalue weighted by molar-refractivity contribution is 0.0781. The van der Waals surface area contributed by atoms with Crippen LogP contribution in [0.2, 0.25) is 0 Å². The van der Waals surface area contributed by atoms with E-state index in [0.717, 1.165) is 17.1 Å². The largest absolute Gasteiger partial charge is 0.491 e. The summed E-state index contributed by atoms with van der Waals surface area (Å²) in [5.41, 5.74) is 6.57. The second-order valence-corrected chi connectivity index (χ2v) is 4.79. The highest BCUT2D eigenvalue weighted by atomic mass is 32.1. The molecule has 0 amide bonds. The van der Waals surface area contributed by atoms with E-state index in [-0.39, 0.29) is 0 Å². The van der Waals surface area contributed by atoms with Crippen molar-refractivity contribution < 1.29 is 13.9 Å². The van der Waals surface area contributed by atoms with Crippen molar-refractivity contribution in [2.75, 3.05) is 13.2 Å². The minimum atomic E-state index is 0.462.